The van der Waals surface area contributed by atoms with Gasteiger partial charge in [-0.15, -0.1) is 11.3 Å². The largest absolute Gasteiger partial charge is 0.467 e. The zero-order chi connectivity index (χ0) is 15.8. The maximum absolute atomic E-state index is 6.62. The highest BCUT2D eigenvalue weighted by Crippen LogP contribution is 2.47. The Hall–Kier alpha value is -1.23. The Morgan fingerprint density at radius 1 is 1.30 bits per heavy atom. The molecule has 1 N–H and O–H groups in total. The Labute approximate surface area is 148 Å². The number of aromatic nitrogens is 1. The van der Waals surface area contributed by atoms with Crippen LogP contribution in [0.3, 0.4) is 0 Å². The molecule has 4 rings (SSSR count). The molecule has 1 fully saturated rings. The van der Waals surface area contributed by atoms with E-state index in [9.17, 15) is 0 Å². The second kappa shape index (κ2) is 6.34. The average Bonchev–Trinajstić information content (AvgIpc) is 3.26. The lowest BCUT2D eigenvalue weighted by Gasteiger charge is -2.06. The standard InChI is InChI=1S/C17H16Cl2N2OS/c18-13-8-12(20-9-11-6-3-7-22-11)17-15(21-13)14(19)16(23-17)10-4-1-2-5-10/h3,6-8,10H,1-2,4-5,9H2,(H,20,21). The number of thiophene rings is 1. The molecule has 0 unspecified atom stereocenters. The van der Waals surface area contributed by atoms with Crippen LogP contribution in [0.25, 0.3) is 10.2 Å². The number of furan rings is 1. The Bertz CT molecular complexity index is 823. The van der Waals surface area contributed by atoms with Crippen molar-refractivity contribution in [1.29, 1.82) is 0 Å². The van der Waals surface area contributed by atoms with E-state index >= 15 is 0 Å². The molecule has 0 atom stereocenters. The molecule has 0 bridgehead atoms. The molecule has 1 aliphatic rings. The fraction of sp³-hybridized carbons (Fsp3) is 0.353. The summed E-state index contributed by atoms with van der Waals surface area (Å²) in [6, 6.07) is 5.68. The minimum absolute atomic E-state index is 0.456. The Morgan fingerprint density at radius 3 is 2.87 bits per heavy atom. The zero-order valence-corrected chi connectivity index (χ0v) is 14.8. The van der Waals surface area contributed by atoms with Crippen LogP contribution in [0.2, 0.25) is 10.2 Å². The van der Waals surface area contributed by atoms with Crippen molar-refractivity contribution >= 4 is 50.4 Å². The zero-order valence-electron chi connectivity index (χ0n) is 12.4. The van der Waals surface area contributed by atoms with Crippen molar-refractivity contribution in [1.82, 2.24) is 4.98 Å². The fourth-order valence-electron chi connectivity index (χ4n) is 3.20. The van der Waals surface area contributed by atoms with Gasteiger partial charge in [0.25, 0.3) is 0 Å². The quantitative estimate of drug-likeness (QED) is 0.537. The normalized spacial score (nSPS) is 15.6. The summed E-state index contributed by atoms with van der Waals surface area (Å²) in [5, 5.41) is 4.63. The van der Waals surface area contributed by atoms with Crippen LogP contribution in [0, 0.1) is 0 Å². The molecule has 0 aromatic carbocycles. The third kappa shape index (κ3) is 2.95. The maximum Gasteiger partial charge on any atom is 0.131 e. The lowest BCUT2D eigenvalue weighted by Crippen LogP contribution is -1.98. The summed E-state index contributed by atoms with van der Waals surface area (Å²) >= 11 is 14.6. The molecular weight excluding hydrogens is 351 g/mol. The first-order valence-corrected chi connectivity index (χ1v) is 9.34. The number of halogens is 2. The highest BCUT2D eigenvalue weighted by atomic mass is 35.5. The molecule has 3 aromatic rings. The van der Waals surface area contributed by atoms with Crippen molar-refractivity contribution in [3.8, 4) is 0 Å². The highest BCUT2D eigenvalue weighted by Gasteiger charge is 2.25. The second-order valence-corrected chi connectivity index (χ2v) is 7.68. The molecule has 0 spiro atoms. The molecule has 1 aliphatic carbocycles. The van der Waals surface area contributed by atoms with Gasteiger partial charge in [-0.1, -0.05) is 36.0 Å². The van der Waals surface area contributed by atoms with E-state index in [2.05, 4.69) is 10.3 Å². The third-order valence-electron chi connectivity index (χ3n) is 4.34. The van der Waals surface area contributed by atoms with E-state index in [1.165, 1.54) is 30.6 Å². The molecule has 120 valence electrons. The Balaban J connectivity index is 1.72. The van der Waals surface area contributed by atoms with Gasteiger partial charge in [-0.2, -0.15) is 0 Å². The van der Waals surface area contributed by atoms with Crippen molar-refractivity contribution in [2.75, 3.05) is 5.32 Å². The first-order chi connectivity index (χ1) is 11.2. The van der Waals surface area contributed by atoms with Crippen LogP contribution >= 0.6 is 34.5 Å². The van der Waals surface area contributed by atoms with Gasteiger partial charge >= 0.3 is 0 Å². The monoisotopic (exact) mass is 366 g/mol. The first kappa shape index (κ1) is 15.3. The summed E-state index contributed by atoms with van der Waals surface area (Å²) in [6.45, 7) is 0.608. The lowest BCUT2D eigenvalue weighted by molar-refractivity contribution is 0.518. The molecule has 6 heteroatoms. The van der Waals surface area contributed by atoms with E-state index < -0.39 is 0 Å². The molecule has 1 saturated carbocycles. The lowest BCUT2D eigenvalue weighted by atomic mass is 10.1. The number of nitrogens with zero attached hydrogens (tertiary/aromatic N) is 1. The fourth-order valence-corrected chi connectivity index (χ4v) is 5.15. The second-order valence-electron chi connectivity index (χ2n) is 5.86. The van der Waals surface area contributed by atoms with Gasteiger partial charge in [0.1, 0.15) is 16.4 Å². The van der Waals surface area contributed by atoms with Gasteiger partial charge in [-0.25, -0.2) is 4.98 Å². The molecule has 3 aromatic heterocycles. The number of hydrogen-bond acceptors (Lipinski definition) is 4. The number of fused-ring (bicyclic) bond motifs is 1. The van der Waals surface area contributed by atoms with E-state index in [1.54, 1.807) is 17.6 Å². The van der Waals surface area contributed by atoms with Gasteiger partial charge in [0, 0.05) is 10.9 Å². The molecule has 23 heavy (non-hydrogen) atoms. The summed E-state index contributed by atoms with van der Waals surface area (Å²) in [5.41, 5.74) is 1.78. The van der Waals surface area contributed by atoms with Gasteiger partial charge in [-0.3, -0.25) is 0 Å². The summed E-state index contributed by atoms with van der Waals surface area (Å²) in [5.74, 6) is 1.45. The topological polar surface area (TPSA) is 38.1 Å². The summed E-state index contributed by atoms with van der Waals surface area (Å²) in [7, 11) is 0. The van der Waals surface area contributed by atoms with Crippen LogP contribution < -0.4 is 5.32 Å². The van der Waals surface area contributed by atoms with Gasteiger partial charge in [0.2, 0.25) is 0 Å². The molecule has 0 radical (unpaired) electrons. The maximum atomic E-state index is 6.62. The Morgan fingerprint density at radius 2 is 2.13 bits per heavy atom. The molecular formula is C17H16Cl2N2OS. The molecule has 0 amide bonds. The predicted octanol–water partition coefficient (Wildman–Crippen LogP) is 6.47. The van der Waals surface area contributed by atoms with Gasteiger partial charge in [-0.05, 0) is 30.9 Å². The minimum Gasteiger partial charge on any atom is -0.467 e. The van der Waals surface area contributed by atoms with Crippen molar-refractivity contribution in [3.63, 3.8) is 0 Å². The molecule has 3 nitrogen and oxygen atoms in total. The molecule has 3 heterocycles. The summed E-state index contributed by atoms with van der Waals surface area (Å²) in [4.78, 5) is 5.71. The average molecular weight is 367 g/mol. The SMILES string of the molecule is Clc1cc(NCc2ccco2)c2sc(C3CCCC3)c(Cl)c2n1. The molecule has 0 saturated heterocycles. The van der Waals surface area contributed by atoms with Crippen molar-refractivity contribution < 1.29 is 4.42 Å². The van der Waals surface area contributed by atoms with Crippen LogP contribution in [-0.4, -0.2) is 4.98 Å². The number of nitrogens with one attached hydrogen (secondary N) is 1. The minimum atomic E-state index is 0.456. The number of pyridine rings is 1. The number of hydrogen-bond donors (Lipinski definition) is 1. The highest BCUT2D eigenvalue weighted by molar-refractivity contribution is 7.20. The molecule has 0 aliphatic heterocycles. The van der Waals surface area contributed by atoms with Crippen LogP contribution in [0.5, 0.6) is 0 Å². The van der Waals surface area contributed by atoms with E-state index in [4.69, 9.17) is 27.6 Å². The van der Waals surface area contributed by atoms with E-state index in [1.807, 2.05) is 18.2 Å². The first-order valence-electron chi connectivity index (χ1n) is 7.77. The third-order valence-corrected chi connectivity index (χ3v) is 6.40. The van der Waals surface area contributed by atoms with Crippen molar-refractivity contribution in [2.24, 2.45) is 0 Å². The van der Waals surface area contributed by atoms with E-state index in [0.717, 1.165) is 26.7 Å². The van der Waals surface area contributed by atoms with Crippen LogP contribution in [-0.2, 0) is 6.54 Å². The van der Waals surface area contributed by atoms with Gasteiger partial charge in [0.15, 0.2) is 0 Å². The van der Waals surface area contributed by atoms with Crippen LogP contribution in [0.15, 0.2) is 28.9 Å². The van der Waals surface area contributed by atoms with Crippen molar-refractivity contribution in [3.05, 3.63) is 45.3 Å². The van der Waals surface area contributed by atoms with Gasteiger partial charge < -0.3 is 9.73 Å². The number of anilines is 1. The smallest absolute Gasteiger partial charge is 0.131 e. The predicted molar refractivity (Wildman–Crippen MR) is 96.9 cm³/mol. The van der Waals surface area contributed by atoms with E-state index in [-0.39, 0.29) is 0 Å². The summed E-state index contributed by atoms with van der Waals surface area (Å²) in [6.07, 6.45) is 6.68. The van der Waals surface area contributed by atoms with Gasteiger partial charge in [0.05, 0.1) is 28.2 Å². The Kier molecular flexibility index (Phi) is 4.22. The van der Waals surface area contributed by atoms with E-state index in [0.29, 0.717) is 17.6 Å². The van der Waals surface area contributed by atoms with Crippen molar-refractivity contribution in [2.45, 2.75) is 38.1 Å². The van der Waals surface area contributed by atoms with Crippen LogP contribution in [0.4, 0.5) is 5.69 Å². The number of rotatable bonds is 4. The van der Waals surface area contributed by atoms with Crippen LogP contribution in [0.1, 0.15) is 42.2 Å². The summed E-state index contributed by atoms with van der Waals surface area (Å²) < 4.78 is 6.45.